The van der Waals surface area contributed by atoms with Crippen LogP contribution in [-0.2, 0) is 4.79 Å². The van der Waals surface area contributed by atoms with E-state index in [2.05, 4.69) is 10.3 Å². The number of amides is 1. The average Bonchev–Trinajstić information content (AvgIpc) is 2.57. The summed E-state index contributed by atoms with van der Waals surface area (Å²) < 4.78 is 10.1. The number of carbonyl (C=O) groups is 1. The van der Waals surface area contributed by atoms with Crippen LogP contribution in [0.25, 0.3) is 0 Å². The zero-order valence-corrected chi connectivity index (χ0v) is 14.7. The molecule has 1 aromatic heterocycles. The molecule has 1 N–H and O–H groups in total. The number of nitrogens with zero attached hydrogens (tertiary/aromatic N) is 2. The minimum Gasteiger partial charge on any atom is -0.496 e. The van der Waals surface area contributed by atoms with E-state index in [-0.39, 0.29) is 22.3 Å². The van der Waals surface area contributed by atoms with Crippen LogP contribution in [-0.4, -0.2) is 29.5 Å². The maximum Gasteiger partial charge on any atom is 0.314 e. The van der Waals surface area contributed by atoms with Crippen molar-refractivity contribution in [1.29, 1.82) is 0 Å². The van der Waals surface area contributed by atoms with E-state index in [0.29, 0.717) is 16.5 Å². The van der Waals surface area contributed by atoms with Crippen LogP contribution in [0, 0.1) is 17.0 Å². The Hall–Kier alpha value is -2.58. The van der Waals surface area contributed by atoms with Gasteiger partial charge in [0.25, 0.3) is 5.91 Å². The van der Waals surface area contributed by atoms with Crippen molar-refractivity contribution in [1.82, 2.24) is 4.98 Å². The van der Waals surface area contributed by atoms with Crippen molar-refractivity contribution in [2.24, 2.45) is 0 Å². The normalized spacial score (nSPS) is 10.2. The zero-order valence-electron chi connectivity index (χ0n) is 13.2. The molecule has 0 fully saturated rings. The van der Waals surface area contributed by atoms with Gasteiger partial charge in [-0.25, -0.2) is 4.98 Å². The lowest BCUT2D eigenvalue weighted by Crippen LogP contribution is -2.21. The summed E-state index contributed by atoms with van der Waals surface area (Å²) >= 11 is 11.8. The number of methoxy groups -OCH3 is 1. The van der Waals surface area contributed by atoms with Gasteiger partial charge >= 0.3 is 5.69 Å². The standard InChI is InChI=1S/C15H13Cl2N3O5/c1-8-10(16)6-11(17)15(18-8)19-14(21)7-25-13-4-3-9(24-2)5-12(13)20(22)23/h3-6H,7H2,1-2H3,(H,18,19,21). The molecule has 2 aromatic rings. The van der Waals surface area contributed by atoms with Gasteiger partial charge in [0.15, 0.2) is 18.2 Å². The third-order valence-electron chi connectivity index (χ3n) is 3.08. The third kappa shape index (κ3) is 4.71. The summed E-state index contributed by atoms with van der Waals surface area (Å²) in [5.74, 6) is -0.217. The molecule has 0 spiro atoms. The Labute approximate surface area is 152 Å². The molecule has 0 aliphatic heterocycles. The molecule has 1 aromatic carbocycles. The molecule has 0 aliphatic carbocycles. The van der Waals surface area contributed by atoms with Gasteiger partial charge in [0.05, 0.1) is 33.8 Å². The Bertz CT molecular complexity index is 829. The van der Waals surface area contributed by atoms with Gasteiger partial charge in [-0.05, 0) is 25.1 Å². The second kappa shape index (κ2) is 8.00. The van der Waals surface area contributed by atoms with E-state index in [4.69, 9.17) is 32.7 Å². The SMILES string of the molecule is COc1ccc(OCC(=O)Nc2nc(C)c(Cl)cc2Cl)c([N+](=O)[O-])c1. The average molecular weight is 386 g/mol. The topological polar surface area (TPSA) is 104 Å². The molecule has 0 saturated heterocycles. The summed E-state index contributed by atoms with van der Waals surface area (Å²) in [4.78, 5) is 26.5. The molecule has 1 heterocycles. The number of halogens is 2. The van der Waals surface area contributed by atoms with Gasteiger partial charge in [0, 0.05) is 0 Å². The number of anilines is 1. The fourth-order valence-electron chi connectivity index (χ4n) is 1.85. The zero-order chi connectivity index (χ0) is 18.6. The first-order valence-corrected chi connectivity index (χ1v) is 7.65. The number of nitrogens with one attached hydrogen (secondary N) is 1. The van der Waals surface area contributed by atoms with Crippen LogP contribution in [0.4, 0.5) is 11.5 Å². The summed E-state index contributed by atoms with van der Waals surface area (Å²) in [5, 5.41) is 14.1. The second-order valence-electron chi connectivity index (χ2n) is 4.81. The van der Waals surface area contributed by atoms with Crippen LogP contribution >= 0.6 is 23.2 Å². The van der Waals surface area contributed by atoms with E-state index in [0.717, 1.165) is 0 Å². The van der Waals surface area contributed by atoms with Crippen molar-refractivity contribution >= 4 is 40.6 Å². The highest BCUT2D eigenvalue weighted by Gasteiger charge is 2.18. The lowest BCUT2D eigenvalue weighted by atomic mass is 10.3. The predicted molar refractivity (Wildman–Crippen MR) is 92.8 cm³/mol. The van der Waals surface area contributed by atoms with Crippen LogP contribution in [0.2, 0.25) is 10.0 Å². The highest BCUT2D eigenvalue weighted by Crippen LogP contribution is 2.31. The molecule has 2 rings (SSSR count). The molecule has 0 atom stereocenters. The van der Waals surface area contributed by atoms with E-state index in [1.807, 2.05) is 0 Å². The summed E-state index contributed by atoms with van der Waals surface area (Å²) in [5.41, 5.74) is 0.179. The van der Waals surface area contributed by atoms with E-state index in [1.54, 1.807) is 6.92 Å². The van der Waals surface area contributed by atoms with Gasteiger partial charge in [-0.3, -0.25) is 14.9 Å². The quantitative estimate of drug-likeness (QED) is 0.601. The Morgan fingerprint density at radius 1 is 1.32 bits per heavy atom. The monoisotopic (exact) mass is 385 g/mol. The van der Waals surface area contributed by atoms with Crippen molar-refractivity contribution in [3.05, 3.63) is 50.1 Å². The Morgan fingerprint density at radius 2 is 2.04 bits per heavy atom. The van der Waals surface area contributed by atoms with Gasteiger partial charge in [-0.1, -0.05) is 23.2 Å². The first-order valence-electron chi connectivity index (χ1n) is 6.89. The molecule has 132 valence electrons. The van der Waals surface area contributed by atoms with E-state index in [1.165, 1.54) is 31.4 Å². The Kier molecular flexibility index (Phi) is 6.00. The molecular formula is C15H13Cl2N3O5. The number of ether oxygens (including phenoxy) is 2. The lowest BCUT2D eigenvalue weighted by molar-refractivity contribution is -0.385. The molecule has 0 radical (unpaired) electrons. The fourth-order valence-corrected chi connectivity index (χ4v) is 2.25. The van der Waals surface area contributed by atoms with Gasteiger partial charge in [-0.2, -0.15) is 0 Å². The highest BCUT2D eigenvalue weighted by atomic mass is 35.5. The first-order chi connectivity index (χ1) is 11.8. The molecule has 0 unspecified atom stereocenters. The number of nitro benzene ring substituents is 1. The van der Waals surface area contributed by atoms with Crippen molar-refractivity contribution in [2.45, 2.75) is 6.92 Å². The fraction of sp³-hybridized carbons (Fsp3) is 0.200. The van der Waals surface area contributed by atoms with Crippen LogP contribution in [0.1, 0.15) is 5.69 Å². The maximum atomic E-state index is 12.0. The Balaban J connectivity index is 2.08. The van der Waals surface area contributed by atoms with Crippen molar-refractivity contribution < 1.29 is 19.2 Å². The van der Waals surface area contributed by atoms with Gasteiger partial charge in [0.2, 0.25) is 0 Å². The second-order valence-corrected chi connectivity index (χ2v) is 5.63. The van der Waals surface area contributed by atoms with E-state index >= 15 is 0 Å². The molecule has 10 heteroatoms. The maximum absolute atomic E-state index is 12.0. The molecule has 8 nitrogen and oxygen atoms in total. The van der Waals surface area contributed by atoms with Crippen LogP contribution < -0.4 is 14.8 Å². The number of pyridine rings is 1. The molecule has 0 saturated carbocycles. The highest BCUT2D eigenvalue weighted by molar-refractivity contribution is 6.36. The van der Waals surface area contributed by atoms with Crippen LogP contribution in [0.3, 0.4) is 0 Å². The summed E-state index contributed by atoms with van der Waals surface area (Å²) in [7, 11) is 1.39. The lowest BCUT2D eigenvalue weighted by Gasteiger charge is -2.10. The van der Waals surface area contributed by atoms with E-state index in [9.17, 15) is 14.9 Å². The Morgan fingerprint density at radius 3 is 2.68 bits per heavy atom. The smallest absolute Gasteiger partial charge is 0.314 e. The molecule has 1 amide bonds. The summed E-state index contributed by atoms with van der Waals surface area (Å²) in [6, 6.07) is 5.49. The minimum atomic E-state index is -0.628. The number of rotatable bonds is 6. The largest absolute Gasteiger partial charge is 0.496 e. The molecule has 0 aliphatic rings. The number of carbonyl (C=O) groups excluding carboxylic acids is 1. The summed E-state index contributed by atoms with van der Waals surface area (Å²) in [6.07, 6.45) is 0. The van der Waals surface area contributed by atoms with Crippen molar-refractivity contribution in [3.63, 3.8) is 0 Å². The number of benzene rings is 1. The molecule has 0 bridgehead atoms. The number of hydrogen-bond donors (Lipinski definition) is 1. The predicted octanol–water partition coefficient (Wildman–Crippen LogP) is 3.63. The van der Waals surface area contributed by atoms with Gasteiger partial charge in [0.1, 0.15) is 5.75 Å². The van der Waals surface area contributed by atoms with Gasteiger partial charge < -0.3 is 14.8 Å². The van der Waals surface area contributed by atoms with E-state index < -0.39 is 17.4 Å². The number of aryl methyl sites for hydroxylation is 1. The van der Waals surface area contributed by atoms with Crippen LogP contribution in [0.5, 0.6) is 11.5 Å². The summed E-state index contributed by atoms with van der Waals surface area (Å²) in [6.45, 7) is 1.19. The van der Waals surface area contributed by atoms with Crippen molar-refractivity contribution in [2.75, 3.05) is 19.0 Å². The molecule has 25 heavy (non-hydrogen) atoms. The minimum absolute atomic E-state index is 0.0627. The van der Waals surface area contributed by atoms with Gasteiger partial charge in [-0.15, -0.1) is 0 Å². The number of hydrogen-bond acceptors (Lipinski definition) is 6. The third-order valence-corrected chi connectivity index (χ3v) is 3.75. The van der Waals surface area contributed by atoms with Crippen molar-refractivity contribution in [3.8, 4) is 11.5 Å². The first kappa shape index (κ1) is 18.8. The number of aromatic nitrogens is 1. The van der Waals surface area contributed by atoms with Crippen LogP contribution in [0.15, 0.2) is 24.3 Å². The molecular weight excluding hydrogens is 373 g/mol. The number of nitro groups is 1.